The van der Waals surface area contributed by atoms with E-state index in [1.165, 1.54) is 29.8 Å². The van der Waals surface area contributed by atoms with Crippen LogP contribution in [0.5, 0.6) is 0 Å². The fraction of sp³-hybridized carbons (Fsp3) is 0.375. The van der Waals surface area contributed by atoms with Crippen molar-refractivity contribution in [2.45, 2.75) is 24.7 Å². The van der Waals surface area contributed by atoms with Gasteiger partial charge in [0.1, 0.15) is 5.82 Å². The Kier molecular flexibility index (Phi) is 9.34. The summed E-state index contributed by atoms with van der Waals surface area (Å²) < 4.78 is 18.8. The molecule has 1 aliphatic rings. The molecule has 4 nitrogen and oxygen atoms in total. The quantitative estimate of drug-likeness (QED) is 0.471. The minimum atomic E-state index is -0.276. The number of halogens is 1. The number of hydrogen-bond donors (Lipinski definition) is 1. The third kappa shape index (κ3) is 5.84. The van der Waals surface area contributed by atoms with Crippen LogP contribution < -0.4 is 10.4 Å². The third-order valence-corrected chi connectivity index (χ3v) is 4.38. The normalized spacial score (nSPS) is 12.5. The average molecular weight is 410 g/mol. The summed E-state index contributed by atoms with van der Waals surface area (Å²) in [4.78, 5) is 12.5. The van der Waals surface area contributed by atoms with Gasteiger partial charge in [0, 0.05) is 50.6 Å². The van der Waals surface area contributed by atoms with Gasteiger partial charge in [-0.1, -0.05) is 11.8 Å². The van der Waals surface area contributed by atoms with E-state index in [2.05, 4.69) is 29.1 Å². The van der Waals surface area contributed by atoms with Gasteiger partial charge in [-0.2, -0.15) is 0 Å². The smallest absolute Gasteiger partial charge is 0.238 e. The minimum Gasteiger partial charge on any atom is -0.546 e. The molecule has 1 aromatic rings. The number of ether oxygens (including phenoxy) is 1. The Hall–Kier alpha value is -0.446. The number of hydrogen-bond acceptors (Lipinski definition) is 4. The number of anilines is 1. The first-order chi connectivity index (χ1) is 10.6. The minimum absolute atomic E-state index is 0. The number of nitrogens with one attached hydrogen (secondary N) is 1. The number of carbonyl (C=O) groups excluding carboxylic acids is 1. The van der Waals surface area contributed by atoms with Crippen LogP contribution in [-0.2, 0) is 48.7 Å². The molecule has 2 rings (SSSR count). The van der Waals surface area contributed by atoms with Crippen LogP contribution in [0, 0.1) is 24.8 Å². The largest absolute Gasteiger partial charge is 0.546 e. The molecule has 0 saturated carbocycles. The Labute approximate surface area is 165 Å². The monoisotopic (exact) mass is 410 g/mol. The van der Waals surface area contributed by atoms with Crippen LogP contribution in [0.2, 0.25) is 0 Å². The molecule has 1 radical (unpaired) electrons. The Morgan fingerprint density at radius 2 is 2.30 bits per heavy atom. The summed E-state index contributed by atoms with van der Waals surface area (Å²) in [5, 5.41) is 1.32. The summed E-state index contributed by atoms with van der Waals surface area (Å²) in [6, 6.07) is 3.25. The molecule has 7 heteroatoms. The number of aryl methyl sites for hydroxylation is 1. The van der Waals surface area contributed by atoms with Crippen molar-refractivity contribution in [3.8, 4) is 11.8 Å². The van der Waals surface area contributed by atoms with Gasteiger partial charge >= 0.3 is 0 Å². The molecule has 1 amide bonds. The van der Waals surface area contributed by atoms with Crippen molar-refractivity contribution < 1.29 is 46.6 Å². The van der Waals surface area contributed by atoms with Crippen LogP contribution in [0.1, 0.15) is 18.9 Å². The SMILES string of the molecule is [CH2-]OCC#CCNN(C(C)=O)c1cc(F)c2c(c1)CCCS2.[Y]. The molecular weight excluding hydrogens is 392 g/mol. The molecule has 0 spiro atoms. The molecule has 1 heterocycles. The summed E-state index contributed by atoms with van der Waals surface area (Å²) in [5.41, 5.74) is 4.34. The van der Waals surface area contributed by atoms with Crippen molar-refractivity contribution in [1.29, 1.82) is 0 Å². The van der Waals surface area contributed by atoms with Gasteiger partial charge in [-0.15, -0.1) is 11.8 Å². The first-order valence-electron chi connectivity index (χ1n) is 6.95. The second kappa shape index (κ2) is 10.4. The number of fused-ring (bicyclic) bond motifs is 1. The molecular formula is C16H18FN2O2SY-. The topological polar surface area (TPSA) is 41.6 Å². The van der Waals surface area contributed by atoms with Crippen LogP contribution in [0.15, 0.2) is 17.0 Å². The van der Waals surface area contributed by atoms with E-state index in [9.17, 15) is 9.18 Å². The first-order valence-corrected chi connectivity index (χ1v) is 7.94. The predicted octanol–water partition coefficient (Wildman–Crippen LogP) is 2.53. The average Bonchev–Trinajstić information content (AvgIpc) is 2.50. The van der Waals surface area contributed by atoms with Gasteiger partial charge in [-0.05, 0) is 30.2 Å². The Morgan fingerprint density at radius 1 is 1.52 bits per heavy atom. The van der Waals surface area contributed by atoms with Gasteiger partial charge in [0.15, 0.2) is 0 Å². The number of rotatable bonds is 4. The zero-order chi connectivity index (χ0) is 15.9. The van der Waals surface area contributed by atoms with Crippen LogP contribution in [-0.4, -0.2) is 24.8 Å². The zero-order valence-electron chi connectivity index (χ0n) is 13.0. The predicted molar refractivity (Wildman–Crippen MR) is 85.7 cm³/mol. The van der Waals surface area contributed by atoms with Gasteiger partial charge in [-0.3, -0.25) is 4.79 Å². The molecule has 0 saturated heterocycles. The third-order valence-electron chi connectivity index (χ3n) is 3.14. The van der Waals surface area contributed by atoms with E-state index in [0.29, 0.717) is 10.6 Å². The van der Waals surface area contributed by atoms with E-state index in [0.717, 1.165) is 24.2 Å². The molecule has 0 fully saturated rings. The first kappa shape index (κ1) is 20.6. The van der Waals surface area contributed by atoms with Crippen LogP contribution in [0.25, 0.3) is 0 Å². The van der Waals surface area contributed by atoms with Crippen LogP contribution >= 0.6 is 11.8 Å². The molecule has 0 aliphatic carbocycles. The second-order valence-corrected chi connectivity index (χ2v) is 5.86. The van der Waals surface area contributed by atoms with E-state index in [-0.39, 0.29) is 57.6 Å². The molecule has 1 aliphatic heterocycles. The van der Waals surface area contributed by atoms with Crippen molar-refractivity contribution in [3.63, 3.8) is 0 Å². The Bertz CT molecular complexity index is 616. The summed E-state index contributed by atoms with van der Waals surface area (Å²) >= 11 is 1.53. The van der Waals surface area contributed by atoms with Gasteiger partial charge in [-0.25, -0.2) is 21.9 Å². The summed E-state index contributed by atoms with van der Waals surface area (Å²) in [7, 11) is 3.21. The number of hydrazine groups is 1. The van der Waals surface area contributed by atoms with Crippen molar-refractivity contribution in [1.82, 2.24) is 5.43 Å². The van der Waals surface area contributed by atoms with Crippen LogP contribution in [0.3, 0.4) is 0 Å². The molecule has 0 atom stereocenters. The fourth-order valence-electron chi connectivity index (χ4n) is 2.22. The van der Waals surface area contributed by atoms with E-state index in [4.69, 9.17) is 0 Å². The van der Waals surface area contributed by atoms with Crippen molar-refractivity contribution in [2.24, 2.45) is 0 Å². The van der Waals surface area contributed by atoms with E-state index < -0.39 is 0 Å². The van der Waals surface area contributed by atoms with Crippen molar-refractivity contribution >= 4 is 23.4 Å². The summed E-state index contributed by atoms with van der Waals surface area (Å²) in [5.74, 6) is 5.96. The molecule has 0 unspecified atom stereocenters. The molecule has 1 N–H and O–H groups in total. The number of amides is 1. The maximum Gasteiger partial charge on any atom is 0.238 e. The van der Waals surface area contributed by atoms with E-state index >= 15 is 0 Å². The van der Waals surface area contributed by atoms with Gasteiger partial charge < -0.3 is 4.74 Å². The number of carbonyl (C=O) groups is 1. The van der Waals surface area contributed by atoms with Gasteiger partial charge in [0.05, 0.1) is 18.8 Å². The van der Waals surface area contributed by atoms with E-state index in [1.807, 2.05) is 6.07 Å². The molecule has 1 aromatic carbocycles. The number of benzene rings is 1. The molecule has 23 heavy (non-hydrogen) atoms. The number of nitrogens with zero attached hydrogens (tertiary/aromatic N) is 1. The van der Waals surface area contributed by atoms with Gasteiger partial charge in [0.2, 0.25) is 5.91 Å². The summed E-state index contributed by atoms with van der Waals surface area (Å²) in [6.45, 7) is 1.91. The zero-order valence-corrected chi connectivity index (χ0v) is 16.7. The Morgan fingerprint density at radius 3 is 3.00 bits per heavy atom. The van der Waals surface area contributed by atoms with E-state index in [1.54, 1.807) is 0 Å². The molecule has 0 aromatic heterocycles. The number of thioether (sulfide) groups is 1. The van der Waals surface area contributed by atoms with Crippen molar-refractivity contribution in [2.75, 3.05) is 23.9 Å². The summed E-state index contributed by atoms with van der Waals surface area (Å²) in [6.07, 6.45) is 1.85. The molecule has 121 valence electrons. The standard InChI is InChI=1S/C16H18FN2O2S.Y/c1-12(20)19(18-7-3-4-8-21-2)14-10-13-6-5-9-22-16(13)15(17)11-14;/h10-11,18H,2,5-9H2,1H3;/q-1;. The Balaban J connectivity index is 0.00000264. The van der Waals surface area contributed by atoms with Crippen molar-refractivity contribution in [3.05, 3.63) is 30.6 Å². The maximum absolute atomic E-state index is 14.2. The van der Waals surface area contributed by atoms with Gasteiger partial charge in [0.25, 0.3) is 0 Å². The maximum atomic E-state index is 14.2. The fourth-order valence-corrected chi connectivity index (χ4v) is 3.25. The second-order valence-electron chi connectivity index (χ2n) is 4.76. The molecule has 0 bridgehead atoms. The van der Waals surface area contributed by atoms with Crippen LogP contribution in [0.4, 0.5) is 10.1 Å².